The molecule has 0 unspecified atom stereocenters. The van der Waals surface area contributed by atoms with E-state index in [1.54, 1.807) is 30.2 Å². The minimum absolute atomic E-state index is 0.0775. The zero-order valence-electron chi connectivity index (χ0n) is 10.5. The van der Waals surface area contributed by atoms with Crippen molar-refractivity contribution >= 4 is 11.6 Å². The number of ether oxygens (including phenoxy) is 2. The van der Waals surface area contributed by atoms with Crippen LogP contribution in [0.3, 0.4) is 0 Å². The Morgan fingerprint density at radius 1 is 1.11 bits per heavy atom. The zero-order chi connectivity index (χ0) is 13.2. The van der Waals surface area contributed by atoms with E-state index in [1.807, 2.05) is 30.3 Å². The number of benzene rings is 2. The number of nitrogens with zero attached hydrogens (tertiary/aromatic N) is 1. The van der Waals surface area contributed by atoms with E-state index in [2.05, 4.69) is 0 Å². The molecule has 1 amide bonds. The molecule has 1 aliphatic rings. The molecule has 0 fully saturated rings. The molecule has 19 heavy (non-hydrogen) atoms. The topological polar surface area (TPSA) is 38.8 Å². The molecule has 0 saturated carbocycles. The fourth-order valence-corrected chi connectivity index (χ4v) is 2.13. The molecule has 1 heterocycles. The van der Waals surface area contributed by atoms with Crippen LogP contribution in [-0.4, -0.2) is 19.7 Å². The first-order valence-electron chi connectivity index (χ1n) is 5.98. The monoisotopic (exact) mass is 255 g/mol. The maximum absolute atomic E-state index is 12.5. The van der Waals surface area contributed by atoms with Gasteiger partial charge in [0.2, 0.25) is 0 Å². The van der Waals surface area contributed by atoms with Crippen LogP contribution in [0.2, 0.25) is 0 Å². The predicted octanol–water partition coefficient (Wildman–Crippen LogP) is 2.69. The van der Waals surface area contributed by atoms with Gasteiger partial charge in [-0.05, 0) is 24.3 Å². The second kappa shape index (κ2) is 4.65. The SMILES string of the molecule is COc1cccc2c1OCN(c1ccccc1)C2=O. The molecule has 2 aromatic rings. The summed E-state index contributed by atoms with van der Waals surface area (Å²) in [7, 11) is 1.56. The molecule has 2 aromatic carbocycles. The number of amides is 1. The third-order valence-electron chi connectivity index (χ3n) is 3.08. The molecule has 0 radical (unpaired) electrons. The number of rotatable bonds is 2. The van der Waals surface area contributed by atoms with Crippen molar-refractivity contribution in [3.05, 3.63) is 54.1 Å². The van der Waals surface area contributed by atoms with E-state index in [1.165, 1.54) is 0 Å². The number of methoxy groups -OCH3 is 1. The lowest BCUT2D eigenvalue weighted by Gasteiger charge is -2.29. The molecule has 96 valence electrons. The zero-order valence-corrected chi connectivity index (χ0v) is 10.5. The Balaban J connectivity index is 2.01. The van der Waals surface area contributed by atoms with E-state index < -0.39 is 0 Å². The summed E-state index contributed by atoms with van der Waals surface area (Å²) in [6.07, 6.45) is 0. The maximum Gasteiger partial charge on any atom is 0.264 e. The molecule has 0 N–H and O–H groups in total. The van der Waals surface area contributed by atoms with Gasteiger partial charge in [-0.25, -0.2) is 0 Å². The fraction of sp³-hybridized carbons (Fsp3) is 0.133. The number of hydrogen-bond donors (Lipinski definition) is 0. The van der Waals surface area contributed by atoms with Crippen LogP contribution in [0.5, 0.6) is 11.5 Å². The van der Waals surface area contributed by atoms with E-state index in [4.69, 9.17) is 9.47 Å². The number of fused-ring (bicyclic) bond motifs is 1. The van der Waals surface area contributed by atoms with Crippen LogP contribution >= 0.6 is 0 Å². The van der Waals surface area contributed by atoms with E-state index in [0.29, 0.717) is 17.1 Å². The van der Waals surface area contributed by atoms with Crippen LogP contribution in [0.4, 0.5) is 5.69 Å². The standard InChI is InChI=1S/C15H13NO3/c1-18-13-9-5-8-12-14(13)19-10-16(15(12)17)11-6-3-2-4-7-11/h2-9H,10H2,1H3. The smallest absolute Gasteiger partial charge is 0.264 e. The summed E-state index contributed by atoms with van der Waals surface area (Å²) in [5.41, 5.74) is 1.34. The average Bonchev–Trinajstić information content (AvgIpc) is 2.48. The van der Waals surface area contributed by atoms with Gasteiger partial charge in [0.05, 0.1) is 12.7 Å². The highest BCUT2D eigenvalue weighted by atomic mass is 16.5. The van der Waals surface area contributed by atoms with E-state index in [-0.39, 0.29) is 12.6 Å². The Labute approximate surface area is 111 Å². The fourth-order valence-electron chi connectivity index (χ4n) is 2.13. The van der Waals surface area contributed by atoms with Gasteiger partial charge in [0.25, 0.3) is 5.91 Å². The Bertz CT molecular complexity index is 610. The molecule has 3 rings (SSSR count). The minimum atomic E-state index is -0.0775. The summed E-state index contributed by atoms with van der Waals surface area (Å²) >= 11 is 0. The van der Waals surface area contributed by atoms with Gasteiger partial charge in [-0.2, -0.15) is 0 Å². The van der Waals surface area contributed by atoms with Crippen LogP contribution in [0.25, 0.3) is 0 Å². The molecule has 0 aromatic heterocycles. The molecule has 1 aliphatic heterocycles. The summed E-state index contributed by atoms with van der Waals surface area (Å²) < 4.78 is 10.9. The van der Waals surface area contributed by atoms with Gasteiger partial charge in [0.1, 0.15) is 0 Å². The predicted molar refractivity (Wildman–Crippen MR) is 71.7 cm³/mol. The Morgan fingerprint density at radius 2 is 1.89 bits per heavy atom. The van der Waals surface area contributed by atoms with Gasteiger partial charge in [0.15, 0.2) is 18.2 Å². The number of carbonyl (C=O) groups is 1. The Kier molecular flexibility index (Phi) is 2.83. The lowest BCUT2D eigenvalue weighted by molar-refractivity contribution is 0.0934. The van der Waals surface area contributed by atoms with Crippen molar-refractivity contribution in [1.29, 1.82) is 0 Å². The molecule has 4 nitrogen and oxygen atoms in total. The average molecular weight is 255 g/mol. The molecule has 4 heteroatoms. The highest BCUT2D eigenvalue weighted by Gasteiger charge is 2.28. The van der Waals surface area contributed by atoms with Crippen LogP contribution in [0.15, 0.2) is 48.5 Å². The molecule has 0 spiro atoms. The molecule has 0 saturated heterocycles. The van der Waals surface area contributed by atoms with Crippen molar-refractivity contribution in [2.45, 2.75) is 0 Å². The van der Waals surface area contributed by atoms with Crippen molar-refractivity contribution in [1.82, 2.24) is 0 Å². The third kappa shape index (κ3) is 1.91. The number of anilines is 1. The Morgan fingerprint density at radius 3 is 2.63 bits per heavy atom. The van der Waals surface area contributed by atoms with Crippen LogP contribution < -0.4 is 14.4 Å². The highest BCUT2D eigenvalue weighted by molar-refractivity contribution is 6.09. The molecule has 0 bridgehead atoms. The first-order chi connectivity index (χ1) is 9.31. The van der Waals surface area contributed by atoms with Crippen molar-refractivity contribution in [2.24, 2.45) is 0 Å². The van der Waals surface area contributed by atoms with Crippen LogP contribution in [0.1, 0.15) is 10.4 Å². The van der Waals surface area contributed by atoms with Crippen molar-refractivity contribution in [3.8, 4) is 11.5 Å². The van der Waals surface area contributed by atoms with E-state index in [0.717, 1.165) is 5.69 Å². The van der Waals surface area contributed by atoms with Crippen LogP contribution in [-0.2, 0) is 0 Å². The summed E-state index contributed by atoms with van der Waals surface area (Å²) in [5.74, 6) is 1.02. The van der Waals surface area contributed by atoms with Gasteiger partial charge in [-0.1, -0.05) is 24.3 Å². The Hall–Kier alpha value is -2.49. The van der Waals surface area contributed by atoms with E-state index in [9.17, 15) is 4.79 Å². The summed E-state index contributed by atoms with van der Waals surface area (Å²) in [6.45, 7) is 0.191. The van der Waals surface area contributed by atoms with Crippen molar-refractivity contribution in [2.75, 3.05) is 18.7 Å². The maximum atomic E-state index is 12.5. The summed E-state index contributed by atoms with van der Waals surface area (Å²) in [4.78, 5) is 14.1. The van der Waals surface area contributed by atoms with Crippen molar-refractivity contribution in [3.63, 3.8) is 0 Å². The quantitative estimate of drug-likeness (QED) is 0.828. The highest BCUT2D eigenvalue weighted by Crippen LogP contribution is 2.35. The first kappa shape index (κ1) is 11.6. The second-order valence-corrected chi connectivity index (χ2v) is 4.18. The normalized spacial score (nSPS) is 13.7. The number of hydrogen-bond acceptors (Lipinski definition) is 3. The third-order valence-corrected chi connectivity index (χ3v) is 3.08. The number of carbonyl (C=O) groups excluding carboxylic acids is 1. The van der Waals surface area contributed by atoms with Crippen LogP contribution in [0, 0.1) is 0 Å². The first-order valence-corrected chi connectivity index (χ1v) is 5.98. The molecule has 0 aliphatic carbocycles. The molecular weight excluding hydrogens is 242 g/mol. The lowest BCUT2D eigenvalue weighted by atomic mass is 10.1. The van der Waals surface area contributed by atoms with Gasteiger partial charge in [-0.15, -0.1) is 0 Å². The number of para-hydroxylation sites is 2. The summed E-state index contributed by atoms with van der Waals surface area (Å²) in [6, 6.07) is 14.8. The minimum Gasteiger partial charge on any atom is -0.493 e. The molecular formula is C15H13NO3. The molecule has 0 atom stereocenters. The largest absolute Gasteiger partial charge is 0.493 e. The van der Waals surface area contributed by atoms with Crippen molar-refractivity contribution < 1.29 is 14.3 Å². The lowest BCUT2D eigenvalue weighted by Crippen LogP contribution is -2.38. The summed E-state index contributed by atoms with van der Waals surface area (Å²) in [5, 5.41) is 0. The van der Waals surface area contributed by atoms with Gasteiger partial charge in [0, 0.05) is 5.69 Å². The van der Waals surface area contributed by atoms with Gasteiger partial charge >= 0.3 is 0 Å². The van der Waals surface area contributed by atoms with E-state index >= 15 is 0 Å². The van der Waals surface area contributed by atoms with Gasteiger partial charge < -0.3 is 9.47 Å². The second-order valence-electron chi connectivity index (χ2n) is 4.18. The van der Waals surface area contributed by atoms with Gasteiger partial charge in [-0.3, -0.25) is 9.69 Å².